The molecule has 1 saturated carbocycles. The molecule has 3 nitrogen and oxygen atoms in total. The Morgan fingerprint density at radius 2 is 2.25 bits per heavy atom. The van der Waals surface area contributed by atoms with Gasteiger partial charge in [0.2, 0.25) is 5.91 Å². The Kier molecular flexibility index (Phi) is 2.30. The maximum absolute atomic E-state index is 11.3. The topological polar surface area (TPSA) is 41.1 Å². The molecule has 0 aromatic carbocycles. The van der Waals surface area contributed by atoms with Gasteiger partial charge in [-0.15, -0.1) is 0 Å². The molecule has 1 atom stereocenters. The molecule has 1 saturated heterocycles. The van der Waals surface area contributed by atoms with E-state index in [0.717, 1.165) is 25.9 Å². The molecule has 68 valence electrons. The lowest BCUT2D eigenvalue weighted by Crippen LogP contribution is -2.27. The van der Waals surface area contributed by atoms with Crippen molar-refractivity contribution in [1.29, 1.82) is 0 Å². The summed E-state index contributed by atoms with van der Waals surface area (Å²) in [7, 11) is 0. The molecule has 0 aromatic heterocycles. The number of hydrogen-bond acceptors (Lipinski definition) is 2. The first-order valence-corrected chi connectivity index (χ1v) is 4.84. The number of carbonyl (C=O) groups excluding carboxylic acids is 1. The minimum absolute atomic E-state index is 0.256. The third-order valence-electron chi connectivity index (χ3n) is 2.58. The molecular formula is C9H16N2O. The van der Waals surface area contributed by atoms with Gasteiger partial charge in [-0.3, -0.25) is 4.79 Å². The van der Waals surface area contributed by atoms with Gasteiger partial charge in [-0.1, -0.05) is 0 Å². The van der Waals surface area contributed by atoms with Crippen molar-refractivity contribution in [3.8, 4) is 0 Å². The van der Waals surface area contributed by atoms with Crippen LogP contribution in [0.15, 0.2) is 0 Å². The van der Waals surface area contributed by atoms with E-state index in [0.29, 0.717) is 12.0 Å². The summed E-state index contributed by atoms with van der Waals surface area (Å²) < 4.78 is 0. The molecule has 0 spiro atoms. The van der Waals surface area contributed by atoms with Crippen LogP contribution in [0.25, 0.3) is 0 Å². The Labute approximate surface area is 72.9 Å². The molecule has 2 aliphatic rings. The van der Waals surface area contributed by atoms with E-state index >= 15 is 0 Å². The quantitative estimate of drug-likeness (QED) is 0.635. The predicted octanol–water partition coefficient (Wildman–Crippen LogP) is 0.265. The highest BCUT2D eigenvalue weighted by Gasteiger charge is 2.25. The van der Waals surface area contributed by atoms with E-state index in [1.165, 1.54) is 12.8 Å². The Morgan fingerprint density at radius 3 is 2.83 bits per heavy atom. The van der Waals surface area contributed by atoms with Gasteiger partial charge in [0, 0.05) is 12.5 Å². The van der Waals surface area contributed by atoms with Gasteiger partial charge in [0.25, 0.3) is 0 Å². The number of amides is 1. The monoisotopic (exact) mass is 168 g/mol. The van der Waals surface area contributed by atoms with Crippen LogP contribution in [-0.2, 0) is 4.79 Å². The minimum Gasteiger partial charge on any atom is -0.353 e. The van der Waals surface area contributed by atoms with Gasteiger partial charge >= 0.3 is 0 Å². The van der Waals surface area contributed by atoms with Crippen LogP contribution in [-0.4, -0.2) is 25.0 Å². The zero-order valence-electron chi connectivity index (χ0n) is 7.31. The largest absolute Gasteiger partial charge is 0.353 e. The molecule has 1 unspecified atom stereocenters. The van der Waals surface area contributed by atoms with Crippen LogP contribution in [0, 0.1) is 5.92 Å². The van der Waals surface area contributed by atoms with Crippen LogP contribution in [0.2, 0.25) is 0 Å². The molecule has 1 amide bonds. The van der Waals surface area contributed by atoms with Crippen molar-refractivity contribution in [1.82, 2.24) is 10.6 Å². The third-order valence-corrected chi connectivity index (χ3v) is 2.58. The molecule has 1 heterocycles. The molecule has 0 aromatic rings. The molecule has 0 radical (unpaired) electrons. The highest BCUT2D eigenvalue weighted by molar-refractivity contribution is 5.76. The van der Waals surface area contributed by atoms with Gasteiger partial charge in [0.15, 0.2) is 0 Å². The summed E-state index contributed by atoms with van der Waals surface area (Å²) in [4.78, 5) is 11.3. The van der Waals surface area contributed by atoms with Gasteiger partial charge in [-0.25, -0.2) is 0 Å². The third kappa shape index (κ3) is 2.21. The second kappa shape index (κ2) is 3.44. The summed E-state index contributed by atoms with van der Waals surface area (Å²) in [6, 6.07) is 0.520. The Bertz CT molecular complexity index is 171. The fourth-order valence-electron chi connectivity index (χ4n) is 1.67. The second-order valence-electron chi connectivity index (χ2n) is 3.90. The van der Waals surface area contributed by atoms with Crippen LogP contribution in [0.3, 0.4) is 0 Å². The summed E-state index contributed by atoms with van der Waals surface area (Å²) in [5.74, 6) is 0.843. The molecule has 12 heavy (non-hydrogen) atoms. The van der Waals surface area contributed by atoms with E-state index in [1.54, 1.807) is 0 Å². The van der Waals surface area contributed by atoms with Crippen LogP contribution < -0.4 is 10.6 Å². The van der Waals surface area contributed by atoms with E-state index < -0.39 is 0 Å². The summed E-state index contributed by atoms with van der Waals surface area (Å²) in [6.45, 7) is 2.11. The molecular weight excluding hydrogens is 152 g/mol. The molecule has 0 bridgehead atoms. The molecule has 3 heteroatoms. The van der Waals surface area contributed by atoms with Gasteiger partial charge in [-0.2, -0.15) is 0 Å². The second-order valence-corrected chi connectivity index (χ2v) is 3.90. The van der Waals surface area contributed by atoms with Crippen LogP contribution in [0.1, 0.15) is 25.7 Å². The molecule has 1 aliphatic heterocycles. The highest BCUT2D eigenvalue weighted by atomic mass is 16.1. The summed E-state index contributed by atoms with van der Waals surface area (Å²) >= 11 is 0. The minimum atomic E-state index is 0.256. The van der Waals surface area contributed by atoms with Crippen molar-refractivity contribution in [3.05, 3.63) is 0 Å². The Morgan fingerprint density at radius 1 is 1.42 bits per heavy atom. The average Bonchev–Trinajstić information content (AvgIpc) is 2.66. The first-order valence-electron chi connectivity index (χ1n) is 4.84. The smallest absolute Gasteiger partial charge is 0.220 e. The maximum atomic E-state index is 11.3. The first kappa shape index (κ1) is 8.05. The van der Waals surface area contributed by atoms with Crippen molar-refractivity contribution in [2.45, 2.75) is 31.7 Å². The fourth-order valence-corrected chi connectivity index (χ4v) is 1.67. The first-order chi connectivity index (χ1) is 5.84. The number of hydrogen-bond donors (Lipinski definition) is 2. The number of carbonyl (C=O) groups is 1. The van der Waals surface area contributed by atoms with E-state index in [-0.39, 0.29) is 5.91 Å². The lowest BCUT2D eigenvalue weighted by atomic mass is 10.0. The fraction of sp³-hybridized carbons (Fsp3) is 0.889. The summed E-state index contributed by atoms with van der Waals surface area (Å²) in [6.07, 6.45) is 4.27. The van der Waals surface area contributed by atoms with Crippen LogP contribution >= 0.6 is 0 Å². The van der Waals surface area contributed by atoms with Crippen molar-refractivity contribution in [2.24, 2.45) is 5.92 Å². The van der Waals surface area contributed by atoms with Crippen molar-refractivity contribution >= 4 is 5.91 Å². The number of nitrogens with one attached hydrogen (secondary N) is 2. The van der Waals surface area contributed by atoms with Crippen molar-refractivity contribution in [2.75, 3.05) is 13.1 Å². The molecule has 2 rings (SSSR count). The van der Waals surface area contributed by atoms with E-state index in [2.05, 4.69) is 10.6 Å². The highest BCUT2D eigenvalue weighted by Crippen LogP contribution is 2.19. The maximum Gasteiger partial charge on any atom is 0.220 e. The normalized spacial score (nSPS) is 28.8. The van der Waals surface area contributed by atoms with Gasteiger partial charge in [-0.05, 0) is 38.3 Å². The Hall–Kier alpha value is -0.570. The van der Waals surface area contributed by atoms with Gasteiger partial charge in [0.1, 0.15) is 0 Å². The van der Waals surface area contributed by atoms with Gasteiger partial charge in [0.05, 0.1) is 0 Å². The van der Waals surface area contributed by atoms with Gasteiger partial charge < -0.3 is 10.6 Å². The molecule has 1 aliphatic carbocycles. The standard InChI is InChI=1S/C9H16N2O/c12-9(11-8-1-2-8)5-7-3-4-10-6-7/h7-8,10H,1-6H2,(H,11,12). The lowest BCUT2D eigenvalue weighted by Gasteiger charge is -2.07. The zero-order valence-corrected chi connectivity index (χ0v) is 7.31. The van der Waals surface area contributed by atoms with E-state index in [4.69, 9.17) is 0 Å². The average molecular weight is 168 g/mol. The SMILES string of the molecule is O=C(CC1CCNC1)NC1CC1. The van der Waals surface area contributed by atoms with Crippen LogP contribution in [0.5, 0.6) is 0 Å². The lowest BCUT2D eigenvalue weighted by molar-refractivity contribution is -0.122. The van der Waals surface area contributed by atoms with Crippen LogP contribution in [0.4, 0.5) is 0 Å². The molecule has 2 N–H and O–H groups in total. The van der Waals surface area contributed by atoms with Crippen molar-refractivity contribution < 1.29 is 4.79 Å². The van der Waals surface area contributed by atoms with E-state index in [1.807, 2.05) is 0 Å². The summed E-state index contributed by atoms with van der Waals surface area (Å²) in [5, 5.41) is 6.28. The predicted molar refractivity (Wildman–Crippen MR) is 46.8 cm³/mol. The number of rotatable bonds is 3. The zero-order chi connectivity index (χ0) is 8.39. The van der Waals surface area contributed by atoms with Crippen molar-refractivity contribution in [3.63, 3.8) is 0 Å². The molecule has 2 fully saturated rings. The van der Waals surface area contributed by atoms with E-state index in [9.17, 15) is 4.79 Å². The Balaban J connectivity index is 1.66. The summed E-state index contributed by atoms with van der Waals surface area (Å²) in [5.41, 5.74) is 0.